The van der Waals surface area contributed by atoms with Crippen LogP contribution in [0.25, 0.3) is 0 Å². The van der Waals surface area contributed by atoms with Crippen LogP contribution in [-0.2, 0) is 14.2 Å². The van der Waals surface area contributed by atoms with Gasteiger partial charge in [0, 0.05) is 0 Å². The fourth-order valence-corrected chi connectivity index (χ4v) is 0.966. The number of rotatable bonds is 7. The van der Waals surface area contributed by atoms with Crippen molar-refractivity contribution in [2.45, 2.75) is 39.5 Å². The minimum absolute atomic E-state index is 0.00822. The molecule has 2 N–H and O–H groups in total. The number of carbonyl (C=O) groups is 1. The highest BCUT2D eigenvalue weighted by molar-refractivity contribution is 5.67. The van der Waals surface area contributed by atoms with E-state index in [1.165, 1.54) is 0 Å². The van der Waals surface area contributed by atoms with Crippen molar-refractivity contribution in [3.63, 3.8) is 0 Å². The summed E-state index contributed by atoms with van der Waals surface area (Å²) in [5.74, 6) is 0. The molecule has 0 fully saturated rings. The highest BCUT2D eigenvalue weighted by Gasteiger charge is 2.17. The maximum absolute atomic E-state index is 11.3. The summed E-state index contributed by atoms with van der Waals surface area (Å²) in [5, 5.41) is 11.0. The predicted octanol–water partition coefficient (Wildman–Crippen LogP) is 0.883. The van der Waals surface area contributed by atoms with Crippen LogP contribution in [0.15, 0.2) is 0 Å². The summed E-state index contributed by atoms with van der Waals surface area (Å²) in [6.45, 7) is 8.08. The molecule has 102 valence electrons. The molecule has 0 aromatic rings. The molecule has 0 aliphatic carbocycles. The number of aliphatic hydroxyl groups excluding tert-OH is 1. The molecular formula is C11H23NO5. The largest absolute Gasteiger partial charge is 0.444 e. The minimum atomic E-state index is -0.520. The summed E-state index contributed by atoms with van der Waals surface area (Å²) in [6, 6.07) is 0. The molecule has 17 heavy (non-hydrogen) atoms. The smallest absolute Gasteiger partial charge is 0.409 e. The molecule has 0 aromatic carbocycles. The molecule has 0 saturated heterocycles. The second kappa shape index (κ2) is 8.27. The van der Waals surface area contributed by atoms with Crippen molar-refractivity contribution in [3.05, 3.63) is 0 Å². The van der Waals surface area contributed by atoms with Crippen LogP contribution < -0.4 is 5.32 Å². The monoisotopic (exact) mass is 249 g/mol. The Kier molecular flexibility index (Phi) is 7.86. The van der Waals surface area contributed by atoms with Gasteiger partial charge in [-0.05, 0) is 27.7 Å². The van der Waals surface area contributed by atoms with Crippen LogP contribution in [0, 0.1) is 0 Å². The van der Waals surface area contributed by atoms with Crippen molar-refractivity contribution in [1.82, 2.24) is 5.32 Å². The van der Waals surface area contributed by atoms with E-state index in [4.69, 9.17) is 19.3 Å². The highest BCUT2D eigenvalue weighted by atomic mass is 16.6. The number of ether oxygens (including phenoxy) is 3. The van der Waals surface area contributed by atoms with Crippen molar-refractivity contribution in [3.8, 4) is 0 Å². The molecule has 0 heterocycles. The molecule has 0 spiro atoms. The van der Waals surface area contributed by atoms with E-state index >= 15 is 0 Å². The van der Waals surface area contributed by atoms with Gasteiger partial charge in [-0.2, -0.15) is 0 Å². The summed E-state index contributed by atoms with van der Waals surface area (Å²) < 4.78 is 15.3. The Hall–Kier alpha value is -0.850. The highest BCUT2D eigenvalue weighted by Crippen LogP contribution is 2.06. The molecule has 6 nitrogen and oxygen atoms in total. The van der Waals surface area contributed by atoms with Crippen molar-refractivity contribution in [1.29, 1.82) is 0 Å². The Balaban J connectivity index is 3.57. The Labute approximate surface area is 102 Å². The Morgan fingerprint density at radius 3 is 2.47 bits per heavy atom. The van der Waals surface area contributed by atoms with Crippen molar-refractivity contribution >= 4 is 6.09 Å². The van der Waals surface area contributed by atoms with Crippen LogP contribution in [0.1, 0.15) is 27.7 Å². The number of hydrogen-bond acceptors (Lipinski definition) is 5. The molecule has 1 unspecified atom stereocenters. The number of nitrogens with one attached hydrogen (secondary N) is 1. The summed E-state index contributed by atoms with van der Waals surface area (Å²) in [5.41, 5.74) is -0.520. The quantitative estimate of drug-likeness (QED) is 0.517. The molecule has 1 atom stereocenters. The lowest BCUT2D eigenvalue weighted by atomic mass is 10.2. The van der Waals surface area contributed by atoms with E-state index in [9.17, 15) is 4.79 Å². The second-order valence-electron chi connectivity index (χ2n) is 4.50. The van der Waals surface area contributed by atoms with Crippen LogP contribution >= 0.6 is 0 Å². The fraction of sp³-hybridized carbons (Fsp3) is 0.909. The van der Waals surface area contributed by atoms with Gasteiger partial charge in [0.25, 0.3) is 0 Å². The number of hydrogen-bond donors (Lipinski definition) is 2. The van der Waals surface area contributed by atoms with Crippen molar-refractivity contribution < 1.29 is 24.1 Å². The van der Waals surface area contributed by atoms with E-state index in [-0.39, 0.29) is 13.2 Å². The molecule has 0 aromatic heterocycles. The zero-order valence-corrected chi connectivity index (χ0v) is 11.0. The molecule has 0 radical (unpaired) electrons. The molecule has 0 aliphatic heterocycles. The van der Waals surface area contributed by atoms with Gasteiger partial charge in [-0.1, -0.05) is 0 Å². The third-order valence-electron chi connectivity index (χ3n) is 1.55. The van der Waals surface area contributed by atoms with Crippen LogP contribution in [0.2, 0.25) is 0 Å². The average molecular weight is 249 g/mol. The van der Waals surface area contributed by atoms with Crippen molar-refractivity contribution in [2.75, 3.05) is 26.4 Å². The summed E-state index contributed by atoms with van der Waals surface area (Å²) >= 11 is 0. The summed E-state index contributed by atoms with van der Waals surface area (Å²) in [7, 11) is 0. The first-order chi connectivity index (χ1) is 7.85. The number of amides is 1. The van der Waals surface area contributed by atoms with E-state index < -0.39 is 17.9 Å². The van der Waals surface area contributed by atoms with E-state index in [1.54, 1.807) is 27.7 Å². The van der Waals surface area contributed by atoms with Gasteiger partial charge in [-0.15, -0.1) is 0 Å². The summed E-state index contributed by atoms with van der Waals surface area (Å²) in [6.07, 6.45) is -0.955. The van der Waals surface area contributed by atoms with Crippen LogP contribution in [-0.4, -0.2) is 49.5 Å². The van der Waals surface area contributed by atoms with Gasteiger partial charge in [0.05, 0.1) is 26.4 Å². The molecule has 0 saturated carbocycles. The SMILES string of the molecule is CC(NC(=O)OC(C)(C)C)OCCOCCO. The molecule has 6 heteroatoms. The van der Waals surface area contributed by atoms with E-state index in [0.29, 0.717) is 13.2 Å². The molecule has 1 amide bonds. The molecule has 0 aliphatic rings. The fourth-order valence-electron chi connectivity index (χ4n) is 0.966. The lowest BCUT2D eigenvalue weighted by Gasteiger charge is -2.22. The van der Waals surface area contributed by atoms with E-state index in [1.807, 2.05) is 0 Å². The first-order valence-corrected chi connectivity index (χ1v) is 5.65. The van der Waals surface area contributed by atoms with Gasteiger partial charge in [0.2, 0.25) is 0 Å². The maximum atomic E-state index is 11.3. The van der Waals surface area contributed by atoms with Crippen LogP contribution in [0.5, 0.6) is 0 Å². The van der Waals surface area contributed by atoms with Gasteiger partial charge in [0.15, 0.2) is 0 Å². The Morgan fingerprint density at radius 1 is 1.29 bits per heavy atom. The summed E-state index contributed by atoms with van der Waals surface area (Å²) in [4.78, 5) is 11.3. The average Bonchev–Trinajstić information content (AvgIpc) is 2.14. The van der Waals surface area contributed by atoms with E-state index in [0.717, 1.165) is 0 Å². The van der Waals surface area contributed by atoms with Crippen LogP contribution in [0.3, 0.4) is 0 Å². The topological polar surface area (TPSA) is 77.0 Å². The molecule has 0 rings (SSSR count). The minimum Gasteiger partial charge on any atom is -0.444 e. The van der Waals surface area contributed by atoms with Crippen molar-refractivity contribution in [2.24, 2.45) is 0 Å². The van der Waals surface area contributed by atoms with Gasteiger partial charge in [-0.3, -0.25) is 5.32 Å². The maximum Gasteiger partial charge on any atom is 0.409 e. The molecular weight excluding hydrogens is 226 g/mol. The lowest BCUT2D eigenvalue weighted by molar-refractivity contribution is -0.0153. The van der Waals surface area contributed by atoms with Gasteiger partial charge >= 0.3 is 6.09 Å². The second-order valence-corrected chi connectivity index (χ2v) is 4.50. The zero-order valence-electron chi connectivity index (χ0n) is 11.0. The zero-order chi connectivity index (χ0) is 13.3. The first-order valence-electron chi connectivity index (χ1n) is 5.65. The predicted molar refractivity (Wildman–Crippen MR) is 62.7 cm³/mol. The number of alkyl carbamates (subject to hydrolysis) is 1. The Bertz CT molecular complexity index is 214. The van der Waals surface area contributed by atoms with Gasteiger partial charge in [-0.25, -0.2) is 4.79 Å². The number of aliphatic hydroxyl groups is 1. The van der Waals surface area contributed by atoms with Gasteiger partial charge in [0.1, 0.15) is 11.8 Å². The van der Waals surface area contributed by atoms with Crippen LogP contribution in [0.4, 0.5) is 4.79 Å². The van der Waals surface area contributed by atoms with E-state index in [2.05, 4.69) is 5.32 Å². The standard InChI is InChI=1S/C11H23NO5/c1-9(16-8-7-15-6-5-13)12-10(14)17-11(2,3)4/h9,13H,5-8H2,1-4H3,(H,12,14). The third kappa shape index (κ3) is 11.4. The lowest BCUT2D eigenvalue weighted by Crippen LogP contribution is -2.39. The normalized spacial score (nSPS) is 13.2. The Morgan fingerprint density at radius 2 is 1.94 bits per heavy atom. The number of carbonyl (C=O) groups excluding carboxylic acids is 1. The first kappa shape index (κ1) is 16.1. The van der Waals surface area contributed by atoms with Gasteiger partial charge < -0.3 is 19.3 Å². The third-order valence-corrected chi connectivity index (χ3v) is 1.55. The molecule has 0 bridgehead atoms.